The Morgan fingerprint density at radius 2 is 2.36 bits per heavy atom. The van der Waals surface area contributed by atoms with Crippen LogP contribution >= 0.6 is 0 Å². The summed E-state index contributed by atoms with van der Waals surface area (Å²) in [5.74, 6) is 0. The standard InChI is InChI=1S/C12H13NO/c1-10(2)12-5-3-4-11(8-12)6-7-13-9-14/h3-5,8H,1,6-7H2,2H3. The van der Waals surface area contributed by atoms with E-state index in [2.05, 4.69) is 17.6 Å². The Balaban J connectivity index is 2.73. The first kappa shape index (κ1) is 10.4. The van der Waals surface area contributed by atoms with Gasteiger partial charge in [-0.05, 0) is 24.5 Å². The van der Waals surface area contributed by atoms with Gasteiger partial charge in [-0.1, -0.05) is 36.4 Å². The van der Waals surface area contributed by atoms with Crippen LogP contribution < -0.4 is 0 Å². The van der Waals surface area contributed by atoms with Gasteiger partial charge in [0.05, 0.1) is 6.54 Å². The molecule has 72 valence electrons. The number of rotatable bonds is 4. The van der Waals surface area contributed by atoms with Gasteiger partial charge in [0.15, 0.2) is 0 Å². The molecule has 0 N–H and O–H groups in total. The van der Waals surface area contributed by atoms with Crippen LogP contribution in [0.5, 0.6) is 0 Å². The summed E-state index contributed by atoms with van der Waals surface area (Å²) in [6, 6.07) is 8.11. The van der Waals surface area contributed by atoms with E-state index in [0.29, 0.717) is 6.54 Å². The van der Waals surface area contributed by atoms with Gasteiger partial charge >= 0.3 is 0 Å². The van der Waals surface area contributed by atoms with Crippen molar-refractivity contribution in [1.29, 1.82) is 0 Å². The number of hydrogen-bond acceptors (Lipinski definition) is 2. The van der Waals surface area contributed by atoms with Crippen LogP contribution in [0.1, 0.15) is 18.1 Å². The number of aliphatic imine (C=N–C) groups is 1. The van der Waals surface area contributed by atoms with Gasteiger partial charge in [0.1, 0.15) is 0 Å². The van der Waals surface area contributed by atoms with Crippen LogP contribution in [-0.4, -0.2) is 12.6 Å². The summed E-state index contributed by atoms with van der Waals surface area (Å²) in [5.41, 5.74) is 3.35. The second-order valence-electron chi connectivity index (χ2n) is 3.20. The fraction of sp³-hybridized carbons (Fsp3) is 0.250. The minimum Gasteiger partial charge on any atom is -0.211 e. The average Bonchev–Trinajstić information content (AvgIpc) is 2.19. The van der Waals surface area contributed by atoms with Crippen LogP contribution in [0.2, 0.25) is 0 Å². The SMILES string of the molecule is C=C(C)c1cccc(CCN=C=O)c1. The Labute approximate surface area is 84.0 Å². The summed E-state index contributed by atoms with van der Waals surface area (Å²) in [6.07, 6.45) is 2.31. The quantitative estimate of drug-likeness (QED) is 0.526. The average molecular weight is 187 g/mol. The van der Waals surface area contributed by atoms with Crippen molar-refractivity contribution in [2.75, 3.05) is 6.54 Å². The van der Waals surface area contributed by atoms with E-state index in [4.69, 9.17) is 0 Å². The lowest BCUT2D eigenvalue weighted by Gasteiger charge is -2.02. The third kappa shape index (κ3) is 3.00. The predicted octanol–water partition coefficient (Wildman–Crippen LogP) is 2.60. The van der Waals surface area contributed by atoms with Gasteiger partial charge in [0, 0.05) is 0 Å². The zero-order valence-electron chi connectivity index (χ0n) is 8.29. The maximum atomic E-state index is 9.86. The highest BCUT2D eigenvalue weighted by Gasteiger charge is 1.95. The summed E-state index contributed by atoms with van der Waals surface area (Å²) in [6.45, 7) is 6.36. The number of carbonyl (C=O) groups excluding carboxylic acids is 1. The smallest absolute Gasteiger partial charge is 0.211 e. The molecular weight excluding hydrogens is 174 g/mol. The molecular formula is C12H13NO. The molecule has 0 heterocycles. The number of benzene rings is 1. The van der Waals surface area contributed by atoms with E-state index in [1.807, 2.05) is 25.1 Å². The Hall–Kier alpha value is -1.66. The van der Waals surface area contributed by atoms with Crippen LogP contribution in [0.3, 0.4) is 0 Å². The summed E-state index contributed by atoms with van der Waals surface area (Å²) in [7, 11) is 0. The van der Waals surface area contributed by atoms with Gasteiger partial charge in [-0.3, -0.25) is 0 Å². The molecule has 0 spiro atoms. The summed E-state index contributed by atoms with van der Waals surface area (Å²) < 4.78 is 0. The first-order chi connectivity index (χ1) is 6.74. The molecule has 1 rings (SSSR count). The Bertz CT molecular complexity index is 376. The fourth-order valence-electron chi connectivity index (χ4n) is 1.22. The maximum Gasteiger partial charge on any atom is 0.234 e. The highest BCUT2D eigenvalue weighted by molar-refractivity contribution is 5.61. The molecule has 2 nitrogen and oxygen atoms in total. The number of isocyanates is 1. The van der Waals surface area contributed by atoms with Gasteiger partial charge < -0.3 is 0 Å². The van der Waals surface area contributed by atoms with E-state index < -0.39 is 0 Å². The minimum absolute atomic E-state index is 0.503. The maximum absolute atomic E-state index is 9.86. The van der Waals surface area contributed by atoms with Gasteiger partial charge in [-0.15, -0.1) is 0 Å². The molecule has 0 saturated heterocycles. The van der Waals surface area contributed by atoms with Crippen molar-refractivity contribution < 1.29 is 4.79 Å². The number of hydrogen-bond donors (Lipinski definition) is 0. The van der Waals surface area contributed by atoms with E-state index in [9.17, 15) is 4.79 Å². The van der Waals surface area contributed by atoms with Crippen molar-refractivity contribution >= 4 is 11.7 Å². The molecule has 0 atom stereocenters. The van der Waals surface area contributed by atoms with E-state index >= 15 is 0 Å². The van der Waals surface area contributed by atoms with E-state index in [0.717, 1.165) is 17.6 Å². The predicted molar refractivity (Wildman–Crippen MR) is 57.8 cm³/mol. The monoisotopic (exact) mass is 187 g/mol. The molecule has 1 aromatic rings. The molecule has 0 fully saturated rings. The molecule has 0 radical (unpaired) electrons. The third-order valence-electron chi connectivity index (χ3n) is 2.00. The summed E-state index contributed by atoms with van der Waals surface area (Å²) in [5, 5.41) is 0. The van der Waals surface area contributed by atoms with Gasteiger partial charge in [-0.25, -0.2) is 9.79 Å². The molecule has 0 aliphatic heterocycles. The first-order valence-corrected chi connectivity index (χ1v) is 4.52. The van der Waals surface area contributed by atoms with Crippen LogP contribution in [0, 0.1) is 0 Å². The van der Waals surface area contributed by atoms with Crippen molar-refractivity contribution in [3.05, 3.63) is 42.0 Å². The van der Waals surface area contributed by atoms with Gasteiger partial charge in [0.25, 0.3) is 0 Å². The van der Waals surface area contributed by atoms with Crippen molar-refractivity contribution in [2.45, 2.75) is 13.3 Å². The molecule has 0 unspecified atom stereocenters. The van der Waals surface area contributed by atoms with Crippen molar-refractivity contribution in [3.8, 4) is 0 Å². The fourth-order valence-corrected chi connectivity index (χ4v) is 1.22. The van der Waals surface area contributed by atoms with Crippen LogP contribution in [0.25, 0.3) is 5.57 Å². The second kappa shape index (κ2) is 5.15. The molecule has 0 aromatic heterocycles. The Morgan fingerprint density at radius 3 is 3.00 bits per heavy atom. The van der Waals surface area contributed by atoms with E-state index in [1.54, 1.807) is 0 Å². The van der Waals surface area contributed by atoms with Gasteiger partial charge in [0.2, 0.25) is 6.08 Å². The minimum atomic E-state index is 0.503. The summed E-state index contributed by atoms with van der Waals surface area (Å²) >= 11 is 0. The molecule has 1 aromatic carbocycles. The lowest BCUT2D eigenvalue weighted by Crippen LogP contribution is -1.90. The van der Waals surface area contributed by atoms with Crippen LogP contribution in [-0.2, 0) is 11.2 Å². The van der Waals surface area contributed by atoms with Gasteiger partial charge in [-0.2, -0.15) is 0 Å². The zero-order chi connectivity index (χ0) is 10.4. The highest BCUT2D eigenvalue weighted by atomic mass is 16.1. The Kier molecular flexibility index (Phi) is 3.84. The van der Waals surface area contributed by atoms with Crippen LogP contribution in [0.4, 0.5) is 0 Å². The van der Waals surface area contributed by atoms with Crippen molar-refractivity contribution in [1.82, 2.24) is 0 Å². The van der Waals surface area contributed by atoms with Crippen LogP contribution in [0.15, 0.2) is 35.8 Å². The molecule has 0 bridgehead atoms. The first-order valence-electron chi connectivity index (χ1n) is 4.52. The molecule has 0 aliphatic rings. The third-order valence-corrected chi connectivity index (χ3v) is 2.00. The summed E-state index contributed by atoms with van der Waals surface area (Å²) in [4.78, 5) is 13.4. The van der Waals surface area contributed by atoms with E-state index in [-0.39, 0.29) is 0 Å². The molecule has 2 heteroatoms. The molecule has 0 saturated carbocycles. The lowest BCUT2D eigenvalue weighted by molar-refractivity contribution is 0.563. The molecule has 14 heavy (non-hydrogen) atoms. The second-order valence-corrected chi connectivity index (χ2v) is 3.20. The number of nitrogens with zero attached hydrogens (tertiary/aromatic N) is 1. The van der Waals surface area contributed by atoms with Crippen molar-refractivity contribution in [3.63, 3.8) is 0 Å². The molecule has 0 aliphatic carbocycles. The zero-order valence-corrected chi connectivity index (χ0v) is 8.29. The topological polar surface area (TPSA) is 29.4 Å². The number of allylic oxidation sites excluding steroid dienone is 1. The molecule has 0 amide bonds. The largest absolute Gasteiger partial charge is 0.234 e. The highest BCUT2D eigenvalue weighted by Crippen LogP contribution is 2.13. The Morgan fingerprint density at radius 1 is 1.57 bits per heavy atom. The lowest BCUT2D eigenvalue weighted by atomic mass is 10.0. The normalized spacial score (nSPS) is 9.21. The van der Waals surface area contributed by atoms with Crippen molar-refractivity contribution in [2.24, 2.45) is 4.99 Å². The van der Waals surface area contributed by atoms with E-state index in [1.165, 1.54) is 11.6 Å².